The standard InChI is InChI=1S/C7H15NO2/c1-2-3-4-5-6-8-7(9)10/h8H,2-6H2,1H3,(H,9,10)/p-1. The van der Waals surface area contributed by atoms with E-state index < -0.39 is 6.09 Å². The number of unbranched alkanes of at least 4 members (excludes halogenated alkanes) is 3. The van der Waals surface area contributed by atoms with Crippen molar-refractivity contribution in [3.63, 3.8) is 0 Å². The van der Waals surface area contributed by atoms with E-state index in [1.807, 2.05) is 0 Å². The van der Waals surface area contributed by atoms with Crippen molar-refractivity contribution in [1.29, 1.82) is 0 Å². The molecule has 0 aliphatic carbocycles. The molecule has 3 heteroatoms. The van der Waals surface area contributed by atoms with Crippen molar-refractivity contribution in [3.05, 3.63) is 0 Å². The third-order valence-electron chi connectivity index (χ3n) is 1.30. The van der Waals surface area contributed by atoms with Crippen molar-refractivity contribution >= 4 is 6.09 Å². The zero-order valence-electron chi connectivity index (χ0n) is 6.35. The van der Waals surface area contributed by atoms with Gasteiger partial charge in [-0.1, -0.05) is 26.2 Å². The van der Waals surface area contributed by atoms with Gasteiger partial charge in [-0.25, -0.2) is 0 Å². The van der Waals surface area contributed by atoms with E-state index in [9.17, 15) is 9.90 Å². The number of rotatable bonds is 5. The molecule has 0 aromatic rings. The van der Waals surface area contributed by atoms with Crippen molar-refractivity contribution in [2.24, 2.45) is 0 Å². The first kappa shape index (κ1) is 9.27. The van der Waals surface area contributed by atoms with Crippen LogP contribution < -0.4 is 10.4 Å². The van der Waals surface area contributed by atoms with Gasteiger partial charge < -0.3 is 15.2 Å². The highest BCUT2D eigenvalue weighted by Gasteiger charge is 1.86. The van der Waals surface area contributed by atoms with E-state index in [0.29, 0.717) is 6.54 Å². The SMILES string of the molecule is CCCCCCNC(=O)[O-]. The van der Waals surface area contributed by atoms with Crippen molar-refractivity contribution in [2.75, 3.05) is 6.54 Å². The highest BCUT2D eigenvalue weighted by atomic mass is 16.4. The van der Waals surface area contributed by atoms with Gasteiger partial charge in [-0.05, 0) is 6.42 Å². The Morgan fingerprint density at radius 1 is 1.40 bits per heavy atom. The lowest BCUT2D eigenvalue weighted by atomic mass is 10.2. The Labute approximate surface area is 61.4 Å². The Morgan fingerprint density at radius 3 is 2.60 bits per heavy atom. The predicted octanol–water partition coefficient (Wildman–Crippen LogP) is 0.500. The summed E-state index contributed by atoms with van der Waals surface area (Å²) >= 11 is 0. The Kier molecular flexibility index (Phi) is 5.92. The van der Waals surface area contributed by atoms with E-state index in [4.69, 9.17) is 0 Å². The topological polar surface area (TPSA) is 52.2 Å². The van der Waals surface area contributed by atoms with Gasteiger partial charge in [0, 0.05) is 6.54 Å². The molecular formula is C7H14NO2-. The molecule has 0 rings (SSSR count). The molecule has 0 saturated heterocycles. The summed E-state index contributed by atoms with van der Waals surface area (Å²) < 4.78 is 0. The highest BCUT2D eigenvalue weighted by Crippen LogP contribution is 1.96. The Bertz CT molecular complexity index is 93.6. The minimum Gasteiger partial charge on any atom is -0.530 e. The number of carbonyl (C=O) groups is 1. The zero-order chi connectivity index (χ0) is 7.82. The van der Waals surface area contributed by atoms with Crippen LogP contribution in [-0.4, -0.2) is 12.6 Å². The minimum atomic E-state index is -1.17. The lowest BCUT2D eigenvalue weighted by Crippen LogP contribution is -2.36. The molecule has 0 fully saturated rings. The van der Waals surface area contributed by atoms with E-state index >= 15 is 0 Å². The van der Waals surface area contributed by atoms with E-state index in [2.05, 4.69) is 12.2 Å². The molecule has 0 radical (unpaired) electrons. The second kappa shape index (κ2) is 6.39. The van der Waals surface area contributed by atoms with Gasteiger partial charge in [0.25, 0.3) is 0 Å². The van der Waals surface area contributed by atoms with Crippen LogP contribution in [0.3, 0.4) is 0 Å². The molecular weight excluding hydrogens is 130 g/mol. The number of amides is 1. The number of carboxylic acid groups (broad SMARTS) is 1. The Hall–Kier alpha value is -0.730. The van der Waals surface area contributed by atoms with Crippen LogP contribution in [0.15, 0.2) is 0 Å². The highest BCUT2D eigenvalue weighted by molar-refractivity contribution is 5.61. The van der Waals surface area contributed by atoms with Gasteiger partial charge in [0.05, 0.1) is 0 Å². The molecule has 0 atom stereocenters. The molecule has 0 unspecified atom stereocenters. The van der Waals surface area contributed by atoms with Gasteiger partial charge in [0.15, 0.2) is 0 Å². The Morgan fingerprint density at radius 2 is 2.10 bits per heavy atom. The summed E-state index contributed by atoms with van der Waals surface area (Å²) in [6, 6.07) is 0. The van der Waals surface area contributed by atoms with E-state index in [1.165, 1.54) is 12.8 Å². The monoisotopic (exact) mass is 144 g/mol. The number of nitrogens with one attached hydrogen (secondary N) is 1. The molecule has 0 heterocycles. The summed E-state index contributed by atoms with van der Waals surface area (Å²) in [5.74, 6) is 0. The maximum Gasteiger partial charge on any atom is 0.134 e. The molecule has 0 aromatic carbocycles. The van der Waals surface area contributed by atoms with Gasteiger partial charge in [0.1, 0.15) is 6.09 Å². The third kappa shape index (κ3) is 7.27. The zero-order valence-corrected chi connectivity index (χ0v) is 6.35. The van der Waals surface area contributed by atoms with Gasteiger partial charge in [-0.3, -0.25) is 0 Å². The normalized spacial score (nSPS) is 9.30. The van der Waals surface area contributed by atoms with Crippen LogP contribution in [0.5, 0.6) is 0 Å². The average Bonchev–Trinajstić information content (AvgIpc) is 1.87. The van der Waals surface area contributed by atoms with Gasteiger partial charge in [0.2, 0.25) is 0 Å². The number of hydrogen-bond acceptors (Lipinski definition) is 2. The molecule has 1 amide bonds. The van der Waals surface area contributed by atoms with Crippen LogP contribution >= 0.6 is 0 Å². The van der Waals surface area contributed by atoms with Gasteiger partial charge >= 0.3 is 0 Å². The number of hydrogen-bond donors (Lipinski definition) is 1. The molecule has 0 saturated carbocycles. The summed E-state index contributed by atoms with van der Waals surface area (Å²) in [4.78, 5) is 9.81. The maximum atomic E-state index is 9.81. The molecule has 10 heavy (non-hydrogen) atoms. The Balaban J connectivity index is 2.84. The summed E-state index contributed by atoms with van der Waals surface area (Å²) in [5, 5.41) is 12.0. The molecule has 1 N–H and O–H groups in total. The quantitative estimate of drug-likeness (QED) is 0.571. The third-order valence-corrected chi connectivity index (χ3v) is 1.30. The van der Waals surface area contributed by atoms with Crippen LogP contribution in [-0.2, 0) is 0 Å². The lowest BCUT2D eigenvalue weighted by molar-refractivity contribution is -0.250. The fourth-order valence-corrected chi connectivity index (χ4v) is 0.742. The van der Waals surface area contributed by atoms with Crippen molar-refractivity contribution < 1.29 is 9.90 Å². The van der Waals surface area contributed by atoms with Crippen molar-refractivity contribution in [3.8, 4) is 0 Å². The maximum absolute atomic E-state index is 9.81. The van der Waals surface area contributed by atoms with Gasteiger partial charge in [-0.2, -0.15) is 0 Å². The van der Waals surface area contributed by atoms with Crippen molar-refractivity contribution in [2.45, 2.75) is 32.6 Å². The van der Waals surface area contributed by atoms with Crippen LogP contribution in [0, 0.1) is 0 Å². The second-order valence-corrected chi connectivity index (χ2v) is 2.27. The van der Waals surface area contributed by atoms with E-state index in [0.717, 1.165) is 12.8 Å². The summed E-state index contributed by atoms with van der Waals surface area (Å²) in [6.07, 6.45) is 3.19. The summed E-state index contributed by atoms with van der Waals surface area (Å²) in [6.45, 7) is 2.65. The molecule has 0 aliphatic rings. The first-order chi connectivity index (χ1) is 4.77. The van der Waals surface area contributed by atoms with Crippen LogP contribution in [0.4, 0.5) is 4.79 Å². The van der Waals surface area contributed by atoms with Crippen LogP contribution in [0.2, 0.25) is 0 Å². The second-order valence-electron chi connectivity index (χ2n) is 2.27. The molecule has 0 bridgehead atoms. The van der Waals surface area contributed by atoms with E-state index in [-0.39, 0.29) is 0 Å². The lowest BCUT2D eigenvalue weighted by Gasteiger charge is -2.04. The fraction of sp³-hybridized carbons (Fsp3) is 0.857. The molecule has 0 aliphatic heterocycles. The molecule has 60 valence electrons. The van der Waals surface area contributed by atoms with Crippen LogP contribution in [0.25, 0.3) is 0 Å². The van der Waals surface area contributed by atoms with Crippen molar-refractivity contribution in [1.82, 2.24) is 5.32 Å². The predicted molar refractivity (Wildman–Crippen MR) is 37.5 cm³/mol. The smallest absolute Gasteiger partial charge is 0.134 e. The molecule has 0 aromatic heterocycles. The number of carbonyl (C=O) groups excluding carboxylic acids is 1. The van der Waals surface area contributed by atoms with Gasteiger partial charge in [-0.15, -0.1) is 0 Å². The molecule has 0 spiro atoms. The first-order valence-electron chi connectivity index (χ1n) is 3.72. The fourth-order valence-electron chi connectivity index (χ4n) is 0.742. The minimum absolute atomic E-state index is 0.530. The van der Waals surface area contributed by atoms with E-state index in [1.54, 1.807) is 0 Å². The molecule has 3 nitrogen and oxygen atoms in total. The summed E-state index contributed by atoms with van der Waals surface area (Å²) in [5.41, 5.74) is 0. The van der Waals surface area contributed by atoms with Crippen LogP contribution in [0.1, 0.15) is 32.6 Å². The average molecular weight is 144 g/mol. The first-order valence-corrected chi connectivity index (χ1v) is 3.72. The summed E-state index contributed by atoms with van der Waals surface area (Å²) in [7, 11) is 0. The largest absolute Gasteiger partial charge is 0.530 e.